The van der Waals surface area contributed by atoms with Crippen LogP contribution in [0.4, 0.5) is 5.00 Å². The van der Waals surface area contributed by atoms with Crippen LogP contribution in [0.25, 0.3) is 5.57 Å². The molecule has 9 heteroatoms. The Bertz CT molecular complexity index is 1350. The molecule has 4 rings (SSSR count). The number of nitrogens with one attached hydrogen (secondary N) is 1. The molecule has 0 radical (unpaired) electrons. The summed E-state index contributed by atoms with van der Waals surface area (Å²) in [7, 11) is 1.62. The topological polar surface area (TPSA) is 100 Å². The molecule has 2 aromatic heterocycles. The number of thiophene rings is 1. The highest BCUT2D eigenvalue weighted by atomic mass is 32.1. The zero-order valence-electron chi connectivity index (χ0n) is 20.7. The molecule has 1 aliphatic heterocycles. The first-order valence-electron chi connectivity index (χ1n) is 11.7. The number of nitriles is 1. The predicted molar refractivity (Wildman–Crippen MR) is 140 cm³/mol. The highest BCUT2D eigenvalue weighted by Gasteiger charge is 2.28. The fourth-order valence-corrected chi connectivity index (χ4v) is 5.50. The van der Waals surface area contributed by atoms with Crippen LogP contribution in [0.15, 0.2) is 43.4 Å². The number of amides is 2. The van der Waals surface area contributed by atoms with E-state index in [1.165, 1.54) is 11.3 Å². The van der Waals surface area contributed by atoms with Crippen LogP contribution < -0.4 is 10.1 Å². The second-order valence-corrected chi connectivity index (χ2v) is 10.1. The minimum atomic E-state index is -0.151. The number of hydrogen-bond donors (Lipinski definition) is 1. The van der Waals surface area contributed by atoms with Crippen LogP contribution in [0.5, 0.6) is 5.75 Å². The Kier molecular flexibility index (Phi) is 7.55. The summed E-state index contributed by atoms with van der Waals surface area (Å²) in [4.78, 5) is 32.7. The summed E-state index contributed by atoms with van der Waals surface area (Å²) in [5.74, 6) is 0.570. The van der Waals surface area contributed by atoms with Crippen molar-refractivity contribution in [3.8, 4) is 11.8 Å². The molecule has 0 bridgehead atoms. The van der Waals surface area contributed by atoms with Gasteiger partial charge in [-0.1, -0.05) is 25.6 Å². The van der Waals surface area contributed by atoms with Gasteiger partial charge in [0.1, 0.15) is 23.4 Å². The minimum Gasteiger partial charge on any atom is -0.497 e. The van der Waals surface area contributed by atoms with Gasteiger partial charge in [0.15, 0.2) is 0 Å². The Morgan fingerprint density at radius 3 is 2.89 bits per heavy atom. The number of imidazole rings is 1. The number of rotatable bonds is 8. The molecule has 1 atom stereocenters. The number of fused-ring (bicyclic) bond motifs is 1. The number of nitrogens with zero attached hydrogens (tertiary/aromatic N) is 4. The molecule has 1 unspecified atom stereocenters. The lowest BCUT2D eigenvalue weighted by molar-refractivity contribution is -0.132. The van der Waals surface area contributed by atoms with Crippen LogP contribution in [0, 0.1) is 11.3 Å². The number of ether oxygens (including phenoxy) is 1. The van der Waals surface area contributed by atoms with Crippen LogP contribution >= 0.6 is 11.3 Å². The van der Waals surface area contributed by atoms with Gasteiger partial charge in [0.25, 0.3) is 0 Å². The van der Waals surface area contributed by atoms with Gasteiger partial charge >= 0.3 is 0 Å². The standard InChI is InChI=1S/C27H29N5O3S/c1-17(2)23-13-31(16-29-23)15-26(34)32-9-8-21-22(12-28)27(36-24(21)14-32)30-25(33)10-18(3)19-6-5-7-20(11-19)35-4/h5-7,11,13,16,18H,1,8-10,14-15H2,2-4H3,(H,30,33). The maximum Gasteiger partial charge on any atom is 0.242 e. The third kappa shape index (κ3) is 5.50. The Balaban J connectivity index is 1.41. The average molecular weight is 504 g/mol. The van der Waals surface area contributed by atoms with E-state index < -0.39 is 0 Å². The van der Waals surface area contributed by atoms with E-state index >= 15 is 0 Å². The van der Waals surface area contributed by atoms with Gasteiger partial charge in [-0.3, -0.25) is 9.59 Å². The fraction of sp³-hybridized carbons (Fsp3) is 0.333. The van der Waals surface area contributed by atoms with Crippen molar-refractivity contribution in [1.82, 2.24) is 14.5 Å². The monoisotopic (exact) mass is 503 g/mol. The quantitative estimate of drug-likeness (QED) is 0.485. The van der Waals surface area contributed by atoms with E-state index in [2.05, 4.69) is 22.9 Å². The van der Waals surface area contributed by atoms with Crippen molar-refractivity contribution in [2.45, 2.75) is 45.7 Å². The molecule has 3 aromatic rings. The molecule has 0 fully saturated rings. The van der Waals surface area contributed by atoms with Gasteiger partial charge in [-0.25, -0.2) is 4.98 Å². The number of carbonyl (C=O) groups is 2. The Hall–Kier alpha value is -3.90. The zero-order valence-corrected chi connectivity index (χ0v) is 21.5. The molecule has 3 heterocycles. The molecule has 2 amide bonds. The van der Waals surface area contributed by atoms with Crippen molar-refractivity contribution in [3.05, 3.63) is 70.6 Å². The largest absolute Gasteiger partial charge is 0.497 e. The first-order valence-corrected chi connectivity index (χ1v) is 12.5. The number of methoxy groups -OCH3 is 1. The minimum absolute atomic E-state index is 0.0121. The molecule has 0 spiro atoms. The van der Waals surface area contributed by atoms with E-state index in [1.807, 2.05) is 44.3 Å². The Morgan fingerprint density at radius 1 is 1.39 bits per heavy atom. The first-order chi connectivity index (χ1) is 17.3. The van der Waals surface area contributed by atoms with E-state index in [9.17, 15) is 14.9 Å². The van der Waals surface area contributed by atoms with E-state index in [1.54, 1.807) is 22.9 Å². The SMILES string of the molecule is C=C(C)c1cn(CC(=O)N2CCc3c(sc(NC(=O)CC(C)c4cccc(OC)c4)c3C#N)C2)cn1. The van der Waals surface area contributed by atoms with Crippen LogP contribution in [0.2, 0.25) is 0 Å². The highest BCUT2D eigenvalue weighted by Crippen LogP contribution is 2.37. The zero-order chi connectivity index (χ0) is 25.8. The van der Waals surface area contributed by atoms with Gasteiger partial charge in [0, 0.05) is 24.0 Å². The molecule has 1 N–H and O–H groups in total. The predicted octanol–water partition coefficient (Wildman–Crippen LogP) is 4.58. The number of anilines is 1. The van der Waals surface area contributed by atoms with Crippen molar-refractivity contribution in [3.63, 3.8) is 0 Å². The molecule has 1 aromatic carbocycles. The molecule has 8 nitrogen and oxygen atoms in total. The van der Waals surface area contributed by atoms with Crippen molar-refractivity contribution in [1.29, 1.82) is 5.26 Å². The molecule has 0 aliphatic carbocycles. The van der Waals surface area contributed by atoms with Crippen LogP contribution in [-0.4, -0.2) is 39.9 Å². The summed E-state index contributed by atoms with van der Waals surface area (Å²) in [6, 6.07) is 9.94. The van der Waals surface area contributed by atoms with Gasteiger partial charge in [-0.15, -0.1) is 11.3 Å². The van der Waals surface area contributed by atoms with Gasteiger partial charge in [0.2, 0.25) is 11.8 Å². The number of hydrogen-bond acceptors (Lipinski definition) is 6. The molecule has 36 heavy (non-hydrogen) atoms. The highest BCUT2D eigenvalue weighted by molar-refractivity contribution is 7.16. The lowest BCUT2D eigenvalue weighted by atomic mass is 9.97. The summed E-state index contributed by atoms with van der Waals surface area (Å²) >= 11 is 1.38. The van der Waals surface area contributed by atoms with Crippen LogP contribution in [0.1, 0.15) is 53.4 Å². The van der Waals surface area contributed by atoms with Gasteiger partial charge in [-0.2, -0.15) is 5.26 Å². The van der Waals surface area contributed by atoms with Crippen molar-refractivity contribution < 1.29 is 14.3 Å². The lowest BCUT2D eigenvalue weighted by Crippen LogP contribution is -2.37. The van der Waals surface area contributed by atoms with E-state index in [-0.39, 0.29) is 30.7 Å². The Labute approximate surface area is 214 Å². The van der Waals surface area contributed by atoms with E-state index in [0.717, 1.165) is 33.0 Å². The second kappa shape index (κ2) is 10.8. The van der Waals surface area contributed by atoms with Gasteiger partial charge in [0.05, 0.1) is 31.2 Å². The van der Waals surface area contributed by atoms with E-state index in [4.69, 9.17) is 4.74 Å². The van der Waals surface area contributed by atoms with Crippen molar-refractivity contribution in [2.75, 3.05) is 19.0 Å². The van der Waals surface area contributed by atoms with Gasteiger partial charge in [-0.05, 0) is 48.1 Å². The lowest BCUT2D eigenvalue weighted by Gasteiger charge is -2.27. The number of allylic oxidation sites excluding steroid dienone is 1. The molecule has 0 saturated heterocycles. The number of carbonyl (C=O) groups excluding carboxylic acids is 2. The number of aromatic nitrogens is 2. The first kappa shape index (κ1) is 25.2. The van der Waals surface area contributed by atoms with Crippen LogP contribution in [-0.2, 0) is 29.1 Å². The molecule has 186 valence electrons. The molecule has 1 aliphatic rings. The summed E-state index contributed by atoms with van der Waals surface area (Å²) in [5.41, 5.74) is 4.05. The Morgan fingerprint density at radius 2 is 2.19 bits per heavy atom. The molecular weight excluding hydrogens is 474 g/mol. The summed E-state index contributed by atoms with van der Waals surface area (Å²) in [6.45, 7) is 8.88. The number of benzene rings is 1. The fourth-order valence-electron chi connectivity index (χ4n) is 4.27. The summed E-state index contributed by atoms with van der Waals surface area (Å²) in [6.07, 6.45) is 4.31. The summed E-state index contributed by atoms with van der Waals surface area (Å²) in [5, 5.41) is 13.3. The third-order valence-corrected chi connectivity index (χ3v) is 7.45. The average Bonchev–Trinajstić information content (AvgIpc) is 3.47. The smallest absolute Gasteiger partial charge is 0.242 e. The van der Waals surface area contributed by atoms with Crippen molar-refractivity contribution >= 4 is 33.7 Å². The maximum absolute atomic E-state index is 12.9. The van der Waals surface area contributed by atoms with Gasteiger partial charge < -0.3 is 19.5 Å². The van der Waals surface area contributed by atoms with Crippen molar-refractivity contribution in [2.24, 2.45) is 0 Å². The maximum atomic E-state index is 12.9. The summed E-state index contributed by atoms with van der Waals surface area (Å²) < 4.78 is 7.04. The molecular formula is C27H29N5O3S. The third-order valence-electron chi connectivity index (χ3n) is 6.32. The van der Waals surface area contributed by atoms with E-state index in [0.29, 0.717) is 30.1 Å². The van der Waals surface area contributed by atoms with Crippen LogP contribution in [0.3, 0.4) is 0 Å². The second-order valence-electron chi connectivity index (χ2n) is 9.03. The normalized spacial score (nSPS) is 13.4. The molecule has 0 saturated carbocycles.